The molecule has 0 spiro atoms. The van der Waals surface area contributed by atoms with Crippen LogP contribution in [0.5, 0.6) is 0 Å². The summed E-state index contributed by atoms with van der Waals surface area (Å²) < 4.78 is 0. The topological polar surface area (TPSA) is 103 Å². The van der Waals surface area contributed by atoms with E-state index in [0.717, 1.165) is 38.0 Å². The van der Waals surface area contributed by atoms with Gasteiger partial charge in [-0.3, -0.25) is 20.2 Å². The van der Waals surface area contributed by atoms with E-state index < -0.39 is 9.85 Å². The first kappa shape index (κ1) is 17.7. The van der Waals surface area contributed by atoms with Gasteiger partial charge in [-0.2, -0.15) is 0 Å². The van der Waals surface area contributed by atoms with Crippen LogP contribution in [0, 0.1) is 26.1 Å². The van der Waals surface area contributed by atoms with Crippen molar-refractivity contribution in [3.8, 4) is 0 Å². The maximum atomic E-state index is 11.2. The van der Waals surface area contributed by atoms with Crippen LogP contribution in [-0.2, 0) is 11.2 Å². The van der Waals surface area contributed by atoms with E-state index in [0.29, 0.717) is 12.0 Å². The monoisotopic (exact) mass is 308 g/mol. The third-order valence-electron chi connectivity index (χ3n) is 3.58. The maximum absolute atomic E-state index is 11.2. The Morgan fingerprint density at radius 2 is 1.86 bits per heavy atom. The van der Waals surface area contributed by atoms with Gasteiger partial charge in [-0.1, -0.05) is 32.6 Å². The molecule has 0 heterocycles. The van der Waals surface area contributed by atoms with Crippen LogP contribution in [-0.4, -0.2) is 16.1 Å². The molecule has 0 fully saturated rings. The minimum absolute atomic E-state index is 0.240. The number of nitro groups is 2. The summed E-state index contributed by atoms with van der Waals surface area (Å²) in [5.41, 5.74) is -0.251. The van der Waals surface area contributed by atoms with E-state index in [9.17, 15) is 25.0 Å². The van der Waals surface area contributed by atoms with Crippen LogP contribution in [0.1, 0.15) is 44.6 Å². The van der Waals surface area contributed by atoms with Gasteiger partial charge in [-0.15, -0.1) is 0 Å². The fourth-order valence-electron chi connectivity index (χ4n) is 2.34. The molecule has 0 saturated heterocycles. The van der Waals surface area contributed by atoms with Crippen molar-refractivity contribution in [2.45, 2.75) is 45.4 Å². The lowest BCUT2D eigenvalue weighted by atomic mass is 9.94. The first-order valence-electron chi connectivity index (χ1n) is 7.36. The number of hydrogen-bond donors (Lipinski definition) is 0. The Hall–Kier alpha value is -2.31. The van der Waals surface area contributed by atoms with Crippen molar-refractivity contribution in [3.63, 3.8) is 0 Å². The fourth-order valence-corrected chi connectivity index (χ4v) is 2.34. The molecule has 22 heavy (non-hydrogen) atoms. The number of non-ortho nitro benzene ring substituents is 1. The van der Waals surface area contributed by atoms with Gasteiger partial charge in [-0.05, 0) is 18.9 Å². The summed E-state index contributed by atoms with van der Waals surface area (Å²) in [7, 11) is 0. The molecule has 1 aromatic carbocycles. The molecule has 1 atom stereocenters. The Labute approximate surface area is 128 Å². The second-order valence-corrected chi connectivity index (χ2v) is 5.28. The number of nitrogens with zero attached hydrogens (tertiary/aromatic N) is 2. The van der Waals surface area contributed by atoms with E-state index in [-0.39, 0.29) is 23.7 Å². The second kappa shape index (κ2) is 8.86. The standard InChI is InChI=1S/C15H20N2O5/c1-2-3-4-5-6-12(11-18)9-13-7-8-14(16(19)20)10-15(13)17(21)22/h7-8,10-12H,2-6,9H2,1H3/t12-/m1/s1. The van der Waals surface area contributed by atoms with Crippen LogP contribution in [0.3, 0.4) is 0 Å². The summed E-state index contributed by atoms with van der Waals surface area (Å²) in [4.78, 5) is 31.6. The van der Waals surface area contributed by atoms with Gasteiger partial charge in [0, 0.05) is 17.5 Å². The third kappa shape index (κ3) is 5.23. The number of hydrogen-bond acceptors (Lipinski definition) is 5. The lowest BCUT2D eigenvalue weighted by Gasteiger charge is -2.10. The summed E-state index contributed by atoms with van der Waals surface area (Å²) in [6.07, 6.45) is 5.86. The van der Waals surface area contributed by atoms with Gasteiger partial charge in [0.25, 0.3) is 11.4 Å². The predicted molar refractivity (Wildman–Crippen MR) is 81.8 cm³/mol. The Balaban J connectivity index is 2.83. The third-order valence-corrected chi connectivity index (χ3v) is 3.58. The molecule has 0 aliphatic rings. The van der Waals surface area contributed by atoms with E-state index in [2.05, 4.69) is 6.92 Å². The molecule has 0 bridgehead atoms. The van der Waals surface area contributed by atoms with Crippen LogP contribution in [0.4, 0.5) is 11.4 Å². The van der Waals surface area contributed by atoms with Crippen molar-refractivity contribution in [1.29, 1.82) is 0 Å². The highest BCUT2D eigenvalue weighted by molar-refractivity contribution is 5.56. The molecule has 1 aromatic rings. The summed E-state index contributed by atoms with van der Waals surface area (Å²) in [6, 6.07) is 3.56. The first-order valence-corrected chi connectivity index (χ1v) is 7.36. The lowest BCUT2D eigenvalue weighted by Crippen LogP contribution is -2.08. The maximum Gasteiger partial charge on any atom is 0.279 e. The number of rotatable bonds is 10. The van der Waals surface area contributed by atoms with Gasteiger partial charge in [0.15, 0.2) is 0 Å². The number of carbonyl (C=O) groups is 1. The summed E-state index contributed by atoms with van der Waals surface area (Å²) in [5.74, 6) is -0.294. The van der Waals surface area contributed by atoms with Crippen LogP contribution in [0.15, 0.2) is 18.2 Å². The van der Waals surface area contributed by atoms with E-state index in [4.69, 9.17) is 0 Å². The highest BCUT2D eigenvalue weighted by Crippen LogP contribution is 2.27. The predicted octanol–water partition coefficient (Wildman–Crippen LogP) is 3.83. The first-order chi connectivity index (χ1) is 10.5. The van der Waals surface area contributed by atoms with Crippen molar-refractivity contribution in [3.05, 3.63) is 44.0 Å². The molecule has 0 N–H and O–H groups in total. The minimum Gasteiger partial charge on any atom is -0.303 e. The Bertz CT molecular complexity index is 545. The second-order valence-electron chi connectivity index (χ2n) is 5.28. The molecule has 0 aromatic heterocycles. The molecule has 0 unspecified atom stereocenters. The molecule has 120 valence electrons. The molecule has 7 heteroatoms. The zero-order valence-electron chi connectivity index (χ0n) is 12.6. The van der Waals surface area contributed by atoms with Crippen molar-refractivity contribution in [2.75, 3.05) is 0 Å². The number of aldehydes is 1. The van der Waals surface area contributed by atoms with Gasteiger partial charge in [0.1, 0.15) is 6.29 Å². The molecule has 0 radical (unpaired) electrons. The molecule has 0 saturated carbocycles. The average molecular weight is 308 g/mol. The van der Waals surface area contributed by atoms with Crippen molar-refractivity contribution in [1.82, 2.24) is 0 Å². The molecule has 0 amide bonds. The molecule has 0 aliphatic heterocycles. The summed E-state index contributed by atoms with van der Waals surface area (Å²) >= 11 is 0. The van der Waals surface area contributed by atoms with E-state index >= 15 is 0 Å². The smallest absolute Gasteiger partial charge is 0.279 e. The normalized spacial score (nSPS) is 11.9. The van der Waals surface area contributed by atoms with Gasteiger partial charge in [0.2, 0.25) is 0 Å². The van der Waals surface area contributed by atoms with Gasteiger partial charge in [0.05, 0.1) is 15.9 Å². The highest BCUT2D eigenvalue weighted by Gasteiger charge is 2.21. The number of carbonyl (C=O) groups excluding carboxylic acids is 1. The van der Waals surface area contributed by atoms with Crippen LogP contribution in [0.25, 0.3) is 0 Å². The van der Waals surface area contributed by atoms with Crippen molar-refractivity contribution >= 4 is 17.7 Å². The van der Waals surface area contributed by atoms with Crippen LogP contribution in [0.2, 0.25) is 0 Å². The van der Waals surface area contributed by atoms with E-state index in [1.807, 2.05) is 0 Å². The summed E-state index contributed by atoms with van der Waals surface area (Å²) in [5, 5.41) is 21.8. The number of nitro benzene ring substituents is 2. The highest BCUT2D eigenvalue weighted by atomic mass is 16.6. The largest absolute Gasteiger partial charge is 0.303 e. The fraction of sp³-hybridized carbons (Fsp3) is 0.533. The van der Waals surface area contributed by atoms with Crippen molar-refractivity contribution in [2.24, 2.45) is 5.92 Å². The molecule has 0 aliphatic carbocycles. The average Bonchev–Trinajstić information content (AvgIpc) is 2.50. The van der Waals surface area contributed by atoms with Crippen molar-refractivity contribution < 1.29 is 14.6 Å². The van der Waals surface area contributed by atoms with Crippen LogP contribution < -0.4 is 0 Å². The minimum atomic E-state index is -0.668. The Morgan fingerprint density at radius 1 is 1.14 bits per heavy atom. The van der Waals surface area contributed by atoms with Gasteiger partial charge in [-0.25, -0.2) is 0 Å². The Kier molecular flexibility index (Phi) is 7.15. The number of benzene rings is 1. The summed E-state index contributed by atoms with van der Waals surface area (Å²) in [6.45, 7) is 2.09. The van der Waals surface area contributed by atoms with Gasteiger partial charge < -0.3 is 4.79 Å². The van der Waals surface area contributed by atoms with Gasteiger partial charge >= 0.3 is 0 Å². The Morgan fingerprint density at radius 3 is 2.41 bits per heavy atom. The SMILES string of the molecule is CCCCCC[C@@H](C=O)Cc1ccc([N+](=O)[O-])cc1[N+](=O)[O-]. The lowest BCUT2D eigenvalue weighted by molar-refractivity contribution is -0.394. The van der Waals surface area contributed by atoms with Crippen LogP contribution >= 0.6 is 0 Å². The quantitative estimate of drug-likeness (QED) is 0.283. The zero-order chi connectivity index (χ0) is 16.5. The van der Waals surface area contributed by atoms with E-state index in [1.54, 1.807) is 0 Å². The molecular weight excluding hydrogens is 288 g/mol. The number of unbranched alkanes of at least 4 members (excludes halogenated alkanes) is 3. The molecule has 1 rings (SSSR count). The molecule has 7 nitrogen and oxygen atoms in total. The zero-order valence-corrected chi connectivity index (χ0v) is 12.6. The van der Waals surface area contributed by atoms with E-state index in [1.165, 1.54) is 12.1 Å². The molecular formula is C15H20N2O5.